The van der Waals surface area contributed by atoms with Crippen molar-refractivity contribution in [3.8, 4) is 0 Å². The number of ketones is 1. The lowest BCUT2D eigenvalue weighted by molar-refractivity contribution is 0.101. The number of aryl methyl sites for hydroxylation is 1. The highest BCUT2D eigenvalue weighted by molar-refractivity contribution is 8.13. The lowest BCUT2D eigenvalue weighted by atomic mass is 10.1. The van der Waals surface area contributed by atoms with Crippen LogP contribution in [0.4, 0.5) is 5.69 Å². The van der Waals surface area contributed by atoms with E-state index in [4.69, 9.17) is 4.99 Å². The van der Waals surface area contributed by atoms with Crippen LogP contribution in [-0.4, -0.2) is 43.0 Å². The van der Waals surface area contributed by atoms with Crippen LogP contribution in [0.1, 0.15) is 28.4 Å². The van der Waals surface area contributed by atoms with Crippen LogP contribution in [0, 0.1) is 6.92 Å². The average Bonchev–Trinajstić information content (AvgIpc) is 3.11. The van der Waals surface area contributed by atoms with Crippen molar-refractivity contribution in [2.75, 3.05) is 16.4 Å². The third-order valence-electron chi connectivity index (χ3n) is 5.09. The third-order valence-corrected chi connectivity index (χ3v) is 7.83. The predicted molar refractivity (Wildman–Crippen MR) is 115 cm³/mol. The number of rotatable bonds is 4. The molecule has 28 heavy (non-hydrogen) atoms. The molecule has 0 aromatic heterocycles. The predicted octanol–water partition coefficient (Wildman–Crippen LogP) is 3.47. The Morgan fingerprint density at radius 3 is 2.71 bits per heavy atom. The number of amidine groups is 1. The minimum absolute atomic E-state index is 0.0115. The number of carbonyl (C=O) groups excluding carboxylic acids is 1. The Labute approximate surface area is 169 Å². The molecule has 1 fully saturated rings. The SMILES string of the molecule is CC(=O)c1cccc(N2C(SCc3cccc(C)c3)=N[C@@H]3CS(=O)(=O)C[C@@H]32)c1. The first-order valence-corrected chi connectivity index (χ1v) is 12.0. The van der Waals surface area contributed by atoms with Crippen molar-refractivity contribution in [3.63, 3.8) is 0 Å². The number of carbonyl (C=O) groups is 1. The summed E-state index contributed by atoms with van der Waals surface area (Å²) >= 11 is 1.62. The fourth-order valence-corrected chi connectivity index (χ4v) is 6.67. The number of sulfone groups is 1. The number of Topliss-reactive ketones (excluding diaryl/α,β-unsaturated/α-hetero) is 1. The van der Waals surface area contributed by atoms with Crippen LogP contribution in [0.2, 0.25) is 0 Å². The van der Waals surface area contributed by atoms with Crippen LogP contribution in [0.25, 0.3) is 0 Å². The maximum Gasteiger partial charge on any atom is 0.164 e. The molecule has 2 aromatic carbocycles. The Morgan fingerprint density at radius 2 is 1.96 bits per heavy atom. The van der Waals surface area contributed by atoms with Crippen molar-refractivity contribution in [3.05, 3.63) is 65.2 Å². The van der Waals surface area contributed by atoms with Gasteiger partial charge in [0, 0.05) is 17.0 Å². The maximum atomic E-state index is 12.2. The number of hydrogen-bond donors (Lipinski definition) is 0. The van der Waals surface area contributed by atoms with Crippen LogP contribution in [0.5, 0.6) is 0 Å². The van der Waals surface area contributed by atoms with Crippen molar-refractivity contribution in [2.24, 2.45) is 4.99 Å². The molecule has 2 aliphatic heterocycles. The van der Waals surface area contributed by atoms with Gasteiger partial charge in [0.1, 0.15) is 0 Å². The maximum absolute atomic E-state index is 12.2. The number of aliphatic imine (C=N–C) groups is 1. The number of nitrogens with zero attached hydrogens (tertiary/aromatic N) is 2. The van der Waals surface area contributed by atoms with Gasteiger partial charge in [0.05, 0.1) is 23.6 Å². The lowest BCUT2D eigenvalue weighted by Gasteiger charge is -2.27. The molecular weight excluding hydrogens is 392 g/mol. The fourth-order valence-electron chi connectivity index (χ4n) is 3.76. The van der Waals surface area contributed by atoms with Crippen LogP contribution < -0.4 is 4.90 Å². The highest BCUT2D eigenvalue weighted by Crippen LogP contribution is 2.36. The lowest BCUT2D eigenvalue weighted by Crippen LogP contribution is -2.39. The molecule has 2 heterocycles. The highest BCUT2D eigenvalue weighted by atomic mass is 32.2. The van der Waals surface area contributed by atoms with Crippen LogP contribution >= 0.6 is 11.8 Å². The Morgan fingerprint density at radius 1 is 1.18 bits per heavy atom. The van der Waals surface area contributed by atoms with E-state index in [1.807, 2.05) is 29.2 Å². The molecule has 0 N–H and O–H groups in total. The second-order valence-electron chi connectivity index (χ2n) is 7.38. The summed E-state index contributed by atoms with van der Waals surface area (Å²) in [6.07, 6.45) is 0. The molecule has 0 unspecified atom stereocenters. The molecule has 0 bridgehead atoms. The molecule has 2 aliphatic rings. The van der Waals surface area contributed by atoms with E-state index in [1.165, 1.54) is 18.1 Å². The van der Waals surface area contributed by atoms with Crippen LogP contribution in [0.3, 0.4) is 0 Å². The zero-order chi connectivity index (χ0) is 19.9. The molecule has 7 heteroatoms. The van der Waals surface area contributed by atoms with E-state index in [9.17, 15) is 13.2 Å². The van der Waals surface area contributed by atoms with Gasteiger partial charge in [-0.15, -0.1) is 0 Å². The molecular formula is C21H22N2O3S2. The van der Waals surface area contributed by atoms with Gasteiger partial charge in [0.2, 0.25) is 0 Å². The van der Waals surface area contributed by atoms with E-state index in [-0.39, 0.29) is 29.4 Å². The zero-order valence-corrected chi connectivity index (χ0v) is 17.5. The van der Waals surface area contributed by atoms with Crippen molar-refractivity contribution >= 4 is 38.2 Å². The van der Waals surface area contributed by atoms with Gasteiger partial charge in [0.25, 0.3) is 0 Å². The largest absolute Gasteiger partial charge is 0.315 e. The molecule has 0 saturated carbocycles. The molecule has 4 rings (SSSR count). The summed E-state index contributed by atoms with van der Waals surface area (Å²) in [7, 11) is -3.09. The topological polar surface area (TPSA) is 66.8 Å². The highest BCUT2D eigenvalue weighted by Gasteiger charge is 2.47. The van der Waals surface area contributed by atoms with E-state index in [2.05, 4.69) is 25.1 Å². The van der Waals surface area contributed by atoms with E-state index >= 15 is 0 Å². The van der Waals surface area contributed by atoms with Gasteiger partial charge in [-0.25, -0.2) is 8.42 Å². The van der Waals surface area contributed by atoms with Gasteiger partial charge in [0.15, 0.2) is 20.8 Å². The van der Waals surface area contributed by atoms with Crippen molar-refractivity contribution in [2.45, 2.75) is 31.7 Å². The molecule has 2 aromatic rings. The summed E-state index contributed by atoms with van der Waals surface area (Å²) in [5.74, 6) is 0.938. The summed E-state index contributed by atoms with van der Waals surface area (Å²) in [6.45, 7) is 3.60. The molecule has 0 radical (unpaired) electrons. The smallest absolute Gasteiger partial charge is 0.164 e. The average molecular weight is 415 g/mol. The number of hydrogen-bond acceptors (Lipinski definition) is 6. The quantitative estimate of drug-likeness (QED) is 0.717. The molecule has 5 nitrogen and oxygen atoms in total. The van der Waals surface area contributed by atoms with Gasteiger partial charge >= 0.3 is 0 Å². The zero-order valence-electron chi connectivity index (χ0n) is 15.8. The minimum Gasteiger partial charge on any atom is -0.315 e. The Balaban J connectivity index is 1.65. The van der Waals surface area contributed by atoms with Gasteiger partial charge < -0.3 is 4.90 Å². The van der Waals surface area contributed by atoms with Gasteiger partial charge in [-0.05, 0) is 31.5 Å². The number of benzene rings is 2. The Bertz CT molecular complexity index is 1060. The first kappa shape index (κ1) is 19.2. The minimum atomic E-state index is -3.09. The fraction of sp³-hybridized carbons (Fsp3) is 0.333. The summed E-state index contributed by atoms with van der Waals surface area (Å²) in [5, 5.41) is 0.826. The van der Waals surface area contributed by atoms with E-state index in [1.54, 1.807) is 17.8 Å². The first-order chi connectivity index (χ1) is 13.3. The molecule has 0 amide bonds. The molecule has 0 aliphatic carbocycles. The molecule has 2 atom stereocenters. The van der Waals surface area contributed by atoms with E-state index in [0.29, 0.717) is 5.56 Å². The first-order valence-electron chi connectivity index (χ1n) is 9.19. The number of thioether (sulfide) groups is 1. The normalized spacial score (nSPS) is 22.8. The Kier molecular flexibility index (Phi) is 5.05. The standard InChI is InChI=1S/C21H22N2O3S2/c1-14-5-3-6-16(9-14)11-27-21-22-19-12-28(25,26)13-20(19)23(21)18-8-4-7-17(10-18)15(2)24/h3-10,19-20H,11-13H2,1-2H3/t19-,20+/m1/s1. The monoisotopic (exact) mass is 414 g/mol. The molecule has 0 spiro atoms. The van der Waals surface area contributed by atoms with E-state index < -0.39 is 9.84 Å². The van der Waals surface area contributed by atoms with Crippen LogP contribution in [0.15, 0.2) is 53.5 Å². The summed E-state index contributed by atoms with van der Waals surface area (Å²) in [5.41, 5.74) is 3.85. The third kappa shape index (κ3) is 3.86. The molecule has 146 valence electrons. The summed E-state index contributed by atoms with van der Waals surface area (Å²) < 4.78 is 24.3. The second-order valence-corrected chi connectivity index (χ2v) is 10.5. The van der Waals surface area contributed by atoms with Gasteiger partial charge in [-0.1, -0.05) is 53.7 Å². The van der Waals surface area contributed by atoms with Crippen molar-refractivity contribution in [1.82, 2.24) is 0 Å². The summed E-state index contributed by atoms with van der Waals surface area (Å²) in [6, 6.07) is 15.3. The van der Waals surface area contributed by atoms with Crippen molar-refractivity contribution in [1.29, 1.82) is 0 Å². The number of anilines is 1. The van der Waals surface area contributed by atoms with Crippen molar-refractivity contribution < 1.29 is 13.2 Å². The summed E-state index contributed by atoms with van der Waals surface area (Å²) in [4.78, 5) is 18.6. The van der Waals surface area contributed by atoms with Gasteiger partial charge in [-0.3, -0.25) is 9.79 Å². The van der Waals surface area contributed by atoms with E-state index in [0.717, 1.165) is 16.6 Å². The van der Waals surface area contributed by atoms with Gasteiger partial charge in [-0.2, -0.15) is 0 Å². The second kappa shape index (κ2) is 7.37. The van der Waals surface area contributed by atoms with Crippen LogP contribution in [-0.2, 0) is 15.6 Å². The Hall–Kier alpha value is -2.12. The molecule has 1 saturated heterocycles. The number of fused-ring (bicyclic) bond motifs is 1.